The number of carbonyl (C=O) groups is 2. The summed E-state index contributed by atoms with van der Waals surface area (Å²) in [5.74, 6) is 2.43. The number of pyridine rings is 1. The van der Waals surface area contributed by atoms with E-state index < -0.39 is 5.97 Å². The molecule has 0 fully saturated rings. The molecule has 0 aliphatic heterocycles. The number of amides is 1. The van der Waals surface area contributed by atoms with E-state index in [2.05, 4.69) is 16.2 Å². The second-order valence-electron chi connectivity index (χ2n) is 3.25. The van der Waals surface area contributed by atoms with Crippen molar-refractivity contribution in [1.29, 1.82) is 0 Å². The second-order valence-corrected chi connectivity index (χ2v) is 4.36. The fraction of sp³-hybridized carbons (Fsp3) is 0.250. The van der Waals surface area contributed by atoms with Crippen LogP contribution in [-0.4, -0.2) is 40.0 Å². The molecule has 0 aromatic carbocycles. The summed E-state index contributed by atoms with van der Waals surface area (Å²) in [4.78, 5) is 26.0. The third-order valence-corrected chi connectivity index (χ3v) is 2.82. The lowest BCUT2D eigenvalue weighted by Gasteiger charge is -2.03. The van der Waals surface area contributed by atoms with Crippen LogP contribution in [0.1, 0.15) is 20.8 Å². The average molecular weight is 264 g/mol. The largest absolute Gasteiger partial charge is 0.478 e. The van der Waals surface area contributed by atoms with Gasteiger partial charge in [-0.2, -0.15) is 0 Å². The molecule has 1 aromatic rings. The van der Waals surface area contributed by atoms with Gasteiger partial charge in [0.05, 0.1) is 11.3 Å². The zero-order chi connectivity index (χ0) is 13.4. The summed E-state index contributed by atoms with van der Waals surface area (Å²) in [5.41, 5.74) is 0.248. The van der Waals surface area contributed by atoms with Gasteiger partial charge in [-0.1, -0.05) is 5.92 Å². The normalized spacial score (nSPS) is 9.50. The van der Waals surface area contributed by atoms with Gasteiger partial charge in [0.2, 0.25) is 0 Å². The molecule has 6 heteroatoms. The average Bonchev–Trinajstić information content (AvgIpc) is 2.38. The van der Waals surface area contributed by atoms with Gasteiger partial charge in [-0.05, 0) is 12.1 Å². The van der Waals surface area contributed by atoms with Gasteiger partial charge in [-0.3, -0.25) is 9.78 Å². The molecule has 0 aliphatic carbocycles. The van der Waals surface area contributed by atoms with Gasteiger partial charge >= 0.3 is 5.97 Å². The molecule has 1 heterocycles. The second kappa shape index (κ2) is 7.35. The Kier molecular flexibility index (Phi) is 5.74. The standard InChI is InChI=1S/C12H12N2O3S/c1-2-6-18-7-5-13-11(15)10-4-3-9(8-14-10)12(16)17/h1,3-4,8H,5-7H2,(H,13,15)(H,16,17). The molecule has 0 unspecified atom stereocenters. The van der Waals surface area contributed by atoms with Crippen molar-refractivity contribution < 1.29 is 14.7 Å². The zero-order valence-electron chi connectivity index (χ0n) is 9.55. The molecule has 0 saturated heterocycles. The maximum Gasteiger partial charge on any atom is 0.337 e. The smallest absolute Gasteiger partial charge is 0.337 e. The molecule has 0 atom stereocenters. The van der Waals surface area contributed by atoms with Crippen LogP contribution in [0.15, 0.2) is 18.3 Å². The monoisotopic (exact) mass is 264 g/mol. The maximum absolute atomic E-state index is 11.6. The number of hydrogen-bond donors (Lipinski definition) is 2. The van der Waals surface area contributed by atoms with E-state index in [1.54, 1.807) is 11.8 Å². The molecular formula is C12H12N2O3S. The Bertz CT molecular complexity index is 465. The minimum absolute atomic E-state index is 0.0520. The Hall–Kier alpha value is -2.00. The van der Waals surface area contributed by atoms with Crippen molar-refractivity contribution in [3.05, 3.63) is 29.6 Å². The van der Waals surface area contributed by atoms with Crippen LogP contribution in [0.25, 0.3) is 0 Å². The minimum Gasteiger partial charge on any atom is -0.478 e. The molecule has 2 N–H and O–H groups in total. The first-order valence-corrected chi connectivity index (χ1v) is 6.29. The number of terminal acetylenes is 1. The van der Waals surface area contributed by atoms with E-state index >= 15 is 0 Å². The lowest BCUT2D eigenvalue weighted by molar-refractivity contribution is 0.0695. The van der Waals surface area contributed by atoms with Crippen molar-refractivity contribution in [3.63, 3.8) is 0 Å². The molecule has 1 aromatic heterocycles. The van der Waals surface area contributed by atoms with E-state index in [-0.39, 0.29) is 17.2 Å². The first kappa shape index (κ1) is 14.1. The third-order valence-electron chi connectivity index (χ3n) is 1.96. The first-order chi connectivity index (χ1) is 8.65. The number of nitrogens with zero attached hydrogens (tertiary/aromatic N) is 1. The summed E-state index contributed by atoms with van der Waals surface area (Å²) in [5, 5.41) is 11.3. The van der Waals surface area contributed by atoms with Crippen molar-refractivity contribution in [1.82, 2.24) is 10.3 Å². The fourth-order valence-corrected chi connectivity index (χ4v) is 1.62. The van der Waals surface area contributed by atoms with Crippen LogP contribution < -0.4 is 5.32 Å². The minimum atomic E-state index is -1.07. The number of aromatic carboxylic acids is 1. The Morgan fingerprint density at radius 1 is 1.50 bits per heavy atom. The van der Waals surface area contributed by atoms with E-state index in [0.29, 0.717) is 12.3 Å². The van der Waals surface area contributed by atoms with Crippen molar-refractivity contribution in [3.8, 4) is 12.3 Å². The van der Waals surface area contributed by atoms with Crippen LogP contribution in [0.2, 0.25) is 0 Å². The van der Waals surface area contributed by atoms with Crippen LogP contribution in [-0.2, 0) is 0 Å². The molecule has 1 rings (SSSR count). The number of nitrogens with one attached hydrogen (secondary N) is 1. The third kappa shape index (κ3) is 4.47. The molecule has 18 heavy (non-hydrogen) atoms. The number of aromatic nitrogens is 1. The summed E-state index contributed by atoms with van der Waals surface area (Å²) in [6.45, 7) is 0.494. The number of thioether (sulfide) groups is 1. The number of carboxylic acids is 1. The number of rotatable bonds is 6. The van der Waals surface area contributed by atoms with Gasteiger partial charge in [-0.25, -0.2) is 4.79 Å². The topological polar surface area (TPSA) is 79.3 Å². The zero-order valence-corrected chi connectivity index (χ0v) is 10.4. The van der Waals surface area contributed by atoms with Gasteiger partial charge < -0.3 is 10.4 Å². The number of carboxylic acid groups (broad SMARTS) is 1. The van der Waals surface area contributed by atoms with Crippen LogP contribution in [0.5, 0.6) is 0 Å². The maximum atomic E-state index is 11.6. The molecule has 1 amide bonds. The Balaban J connectivity index is 2.42. The Morgan fingerprint density at radius 2 is 2.28 bits per heavy atom. The van der Waals surface area contributed by atoms with Crippen LogP contribution in [0.3, 0.4) is 0 Å². The highest BCUT2D eigenvalue weighted by molar-refractivity contribution is 7.99. The fourth-order valence-electron chi connectivity index (χ4n) is 1.11. The predicted octanol–water partition coefficient (Wildman–Crippen LogP) is 0.876. The first-order valence-electron chi connectivity index (χ1n) is 5.14. The van der Waals surface area contributed by atoms with Crippen LogP contribution >= 0.6 is 11.8 Å². The van der Waals surface area contributed by atoms with Crippen LogP contribution in [0, 0.1) is 12.3 Å². The van der Waals surface area contributed by atoms with E-state index in [9.17, 15) is 9.59 Å². The van der Waals surface area contributed by atoms with E-state index in [1.807, 2.05) is 0 Å². The van der Waals surface area contributed by atoms with Crippen molar-refractivity contribution >= 4 is 23.6 Å². The van der Waals surface area contributed by atoms with Gasteiger partial charge in [-0.15, -0.1) is 18.2 Å². The quantitative estimate of drug-likeness (QED) is 0.589. The molecule has 0 aliphatic rings. The molecular weight excluding hydrogens is 252 g/mol. The Labute approximate surface area is 109 Å². The van der Waals surface area contributed by atoms with Crippen LogP contribution in [0.4, 0.5) is 0 Å². The molecule has 94 valence electrons. The summed E-state index contributed by atoms with van der Waals surface area (Å²) in [6.07, 6.45) is 6.24. The molecule has 5 nitrogen and oxygen atoms in total. The lowest BCUT2D eigenvalue weighted by atomic mass is 10.2. The number of carbonyl (C=O) groups excluding carboxylic acids is 1. The van der Waals surface area contributed by atoms with Crippen molar-refractivity contribution in [2.75, 3.05) is 18.1 Å². The van der Waals surface area contributed by atoms with Crippen molar-refractivity contribution in [2.24, 2.45) is 0 Å². The molecule has 0 bridgehead atoms. The van der Waals surface area contributed by atoms with Gasteiger partial charge in [0.1, 0.15) is 5.69 Å². The van der Waals surface area contributed by atoms with Gasteiger partial charge in [0.25, 0.3) is 5.91 Å². The highest BCUT2D eigenvalue weighted by atomic mass is 32.2. The van der Waals surface area contributed by atoms with Crippen molar-refractivity contribution in [2.45, 2.75) is 0 Å². The predicted molar refractivity (Wildman–Crippen MR) is 69.7 cm³/mol. The molecule has 0 spiro atoms. The van der Waals surface area contributed by atoms with Gasteiger partial charge in [0.15, 0.2) is 0 Å². The lowest BCUT2D eigenvalue weighted by Crippen LogP contribution is -2.26. The Morgan fingerprint density at radius 3 is 2.83 bits per heavy atom. The highest BCUT2D eigenvalue weighted by Gasteiger charge is 2.08. The number of hydrogen-bond acceptors (Lipinski definition) is 4. The van der Waals surface area contributed by atoms with E-state index in [4.69, 9.17) is 11.5 Å². The molecule has 0 saturated carbocycles. The van der Waals surface area contributed by atoms with E-state index in [1.165, 1.54) is 12.1 Å². The summed E-state index contributed by atoms with van der Waals surface area (Å²) in [6, 6.07) is 2.73. The summed E-state index contributed by atoms with van der Waals surface area (Å²) >= 11 is 1.55. The van der Waals surface area contributed by atoms with Gasteiger partial charge in [0, 0.05) is 18.5 Å². The SMILES string of the molecule is C#CCSCCNC(=O)c1ccc(C(=O)O)cn1. The molecule has 0 radical (unpaired) electrons. The summed E-state index contributed by atoms with van der Waals surface area (Å²) < 4.78 is 0. The van der Waals surface area contributed by atoms with E-state index in [0.717, 1.165) is 11.9 Å². The highest BCUT2D eigenvalue weighted by Crippen LogP contribution is 2.01. The summed E-state index contributed by atoms with van der Waals surface area (Å²) in [7, 11) is 0.